The van der Waals surface area contributed by atoms with Crippen LogP contribution in [0.3, 0.4) is 0 Å². The zero-order valence-electron chi connectivity index (χ0n) is 13.5. The molecule has 3 rings (SSSR count). The van der Waals surface area contributed by atoms with E-state index in [0.29, 0.717) is 11.1 Å². The lowest BCUT2D eigenvalue weighted by molar-refractivity contribution is -0.117. The van der Waals surface area contributed by atoms with Gasteiger partial charge in [-0.15, -0.1) is 0 Å². The number of ketones is 3. The van der Waals surface area contributed by atoms with E-state index in [2.05, 4.69) is 15.9 Å². The Bertz CT molecular complexity index is 910. The highest BCUT2D eigenvalue weighted by Gasteiger charge is 2.37. The number of carbonyl (C=O) groups excluding carboxylic acids is 3. The van der Waals surface area contributed by atoms with Gasteiger partial charge in [0, 0.05) is 27.9 Å². The van der Waals surface area contributed by atoms with Crippen LogP contribution in [0, 0.1) is 0 Å². The molecule has 0 heterocycles. The standard InChI is InChI=1S/C20H15BrO4/c1-11(22)10-16(12-6-8-13(21)9-7-12)17-18(23)14-4-2-3-5-15(14)19(24)20(17)25/h2-9,16,23H,10H2,1H3/t16-/m0/s1. The SMILES string of the molecule is CC(=O)C[C@H](C1=C(O)c2ccccc2C(=O)C1=O)c1ccc(Br)cc1. The lowest BCUT2D eigenvalue weighted by atomic mass is 9.78. The molecule has 1 N–H and O–H groups in total. The summed E-state index contributed by atoms with van der Waals surface area (Å²) < 4.78 is 0.854. The average molecular weight is 399 g/mol. The van der Waals surface area contributed by atoms with Crippen LogP contribution in [0.1, 0.15) is 40.7 Å². The first-order valence-electron chi connectivity index (χ1n) is 7.76. The summed E-state index contributed by atoms with van der Waals surface area (Å²) in [6.45, 7) is 1.42. The summed E-state index contributed by atoms with van der Waals surface area (Å²) in [5.41, 5.74) is 1.19. The average Bonchev–Trinajstić information content (AvgIpc) is 2.59. The molecule has 126 valence electrons. The monoisotopic (exact) mass is 398 g/mol. The van der Waals surface area contributed by atoms with Crippen LogP contribution in [0.5, 0.6) is 0 Å². The van der Waals surface area contributed by atoms with Crippen molar-refractivity contribution in [2.24, 2.45) is 0 Å². The minimum absolute atomic E-state index is 0.0128. The van der Waals surface area contributed by atoms with Gasteiger partial charge in [-0.05, 0) is 24.6 Å². The zero-order valence-corrected chi connectivity index (χ0v) is 15.0. The van der Waals surface area contributed by atoms with Crippen molar-refractivity contribution in [2.75, 3.05) is 0 Å². The molecular weight excluding hydrogens is 384 g/mol. The van der Waals surface area contributed by atoms with Crippen molar-refractivity contribution in [1.29, 1.82) is 0 Å². The molecule has 0 aromatic heterocycles. The van der Waals surface area contributed by atoms with Crippen LogP contribution in [0.25, 0.3) is 5.76 Å². The van der Waals surface area contributed by atoms with Crippen LogP contribution in [0.15, 0.2) is 58.6 Å². The van der Waals surface area contributed by atoms with Crippen LogP contribution in [-0.2, 0) is 9.59 Å². The van der Waals surface area contributed by atoms with Crippen molar-refractivity contribution in [3.05, 3.63) is 75.3 Å². The summed E-state index contributed by atoms with van der Waals surface area (Å²) in [6, 6.07) is 13.6. The van der Waals surface area contributed by atoms with Gasteiger partial charge in [-0.25, -0.2) is 0 Å². The van der Waals surface area contributed by atoms with Gasteiger partial charge in [0.2, 0.25) is 11.6 Å². The first kappa shape index (κ1) is 17.3. The largest absolute Gasteiger partial charge is 0.507 e. The topological polar surface area (TPSA) is 71.4 Å². The van der Waals surface area contributed by atoms with Gasteiger partial charge in [-0.2, -0.15) is 0 Å². The van der Waals surface area contributed by atoms with Gasteiger partial charge in [0.25, 0.3) is 0 Å². The van der Waals surface area contributed by atoms with Crippen molar-refractivity contribution in [3.8, 4) is 0 Å². The van der Waals surface area contributed by atoms with E-state index in [4.69, 9.17) is 0 Å². The number of Topliss-reactive ketones (excluding diaryl/α,β-unsaturated/α-hetero) is 3. The minimum atomic E-state index is -0.759. The van der Waals surface area contributed by atoms with E-state index in [1.54, 1.807) is 42.5 Å². The molecule has 1 atom stereocenters. The number of benzene rings is 2. The predicted octanol–water partition coefficient (Wildman–Crippen LogP) is 4.25. The lowest BCUT2D eigenvalue weighted by Gasteiger charge is -2.24. The Kier molecular flexibility index (Phi) is 4.68. The highest BCUT2D eigenvalue weighted by atomic mass is 79.9. The second-order valence-corrected chi connectivity index (χ2v) is 6.89. The maximum atomic E-state index is 12.7. The molecule has 1 aliphatic rings. The Morgan fingerprint density at radius 1 is 1.00 bits per heavy atom. The molecule has 0 bridgehead atoms. The number of aliphatic hydroxyl groups excluding tert-OH is 1. The maximum absolute atomic E-state index is 12.7. The summed E-state index contributed by atoms with van der Waals surface area (Å²) in [4.78, 5) is 36.9. The molecule has 2 aromatic rings. The molecule has 5 heteroatoms. The molecule has 0 saturated heterocycles. The van der Waals surface area contributed by atoms with Gasteiger partial charge in [0.1, 0.15) is 11.5 Å². The number of hydrogen-bond donors (Lipinski definition) is 1. The maximum Gasteiger partial charge on any atom is 0.234 e. The quantitative estimate of drug-likeness (QED) is 0.781. The van der Waals surface area contributed by atoms with Gasteiger partial charge in [-0.3, -0.25) is 14.4 Å². The summed E-state index contributed by atoms with van der Waals surface area (Å²) >= 11 is 3.35. The van der Waals surface area contributed by atoms with E-state index in [-0.39, 0.29) is 29.1 Å². The first-order valence-corrected chi connectivity index (χ1v) is 8.56. The molecule has 0 fully saturated rings. The summed E-state index contributed by atoms with van der Waals surface area (Å²) in [5.74, 6) is -2.45. The predicted molar refractivity (Wildman–Crippen MR) is 97.5 cm³/mol. The third-order valence-corrected chi connectivity index (χ3v) is 4.77. The number of hydrogen-bond acceptors (Lipinski definition) is 4. The third-order valence-electron chi connectivity index (χ3n) is 4.25. The first-order chi connectivity index (χ1) is 11.9. The Morgan fingerprint density at radius 2 is 1.60 bits per heavy atom. The molecular formula is C20H15BrO4. The van der Waals surface area contributed by atoms with Crippen LogP contribution in [0.4, 0.5) is 0 Å². The molecule has 25 heavy (non-hydrogen) atoms. The normalized spacial score (nSPS) is 15.1. The Labute approximate surface area is 153 Å². The van der Waals surface area contributed by atoms with Gasteiger partial charge in [0.05, 0.1) is 5.57 Å². The van der Waals surface area contributed by atoms with E-state index in [9.17, 15) is 19.5 Å². The number of rotatable bonds is 4. The fourth-order valence-corrected chi connectivity index (χ4v) is 3.34. The molecule has 4 nitrogen and oxygen atoms in total. The second kappa shape index (κ2) is 6.76. The van der Waals surface area contributed by atoms with Gasteiger partial charge >= 0.3 is 0 Å². The van der Waals surface area contributed by atoms with Crippen molar-refractivity contribution in [1.82, 2.24) is 0 Å². The van der Waals surface area contributed by atoms with Crippen molar-refractivity contribution >= 4 is 39.0 Å². The smallest absolute Gasteiger partial charge is 0.234 e. The van der Waals surface area contributed by atoms with Crippen LogP contribution in [-0.4, -0.2) is 22.5 Å². The molecule has 2 aromatic carbocycles. The van der Waals surface area contributed by atoms with E-state index in [1.165, 1.54) is 13.0 Å². The number of fused-ring (bicyclic) bond motifs is 1. The number of aliphatic hydroxyl groups is 1. The second-order valence-electron chi connectivity index (χ2n) is 5.98. The fourth-order valence-electron chi connectivity index (χ4n) is 3.08. The van der Waals surface area contributed by atoms with Crippen molar-refractivity contribution in [2.45, 2.75) is 19.3 Å². The third kappa shape index (κ3) is 3.20. The molecule has 0 amide bonds. The van der Waals surface area contributed by atoms with Gasteiger partial charge < -0.3 is 5.11 Å². The molecule has 0 aliphatic heterocycles. The van der Waals surface area contributed by atoms with Crippen LogP contribution >= 0.6 is 15.9 Å². The number of halogens is 1. The van der Waals surface area contributed by atoms with E-state index >= 15 is 0 Å². The molecule has 0 saturated carbocycles. The summed E-state index contributed by atoms with van der Waals surface area (Å²) in [7, 11) is 0. The van der Waals surface area contributed by atoms with E-state index < -0.39 is 17.5 Å². The molecule has 1 aliphatic carbocycles. The highest BCUT2D eigenvalue weighted by molar-refractivity contribution is 9.10. The van der Waals surface area contributed by atoms with Gasteiger partial charge in [-0.1, -0.05) is 52.3 Å². The number of carbonyl (C=O) groups is 3. The summed E-state index contributed by atoms with van der Waals surface area (Å²) in [6.07, 6.45) is 0.0300. The van der Waals surface area contributed by atoms with Crippen LogP contribution < -0.4 is 0 Å². The summed E-state index contributed by atoms with van der Waals surface area (Å²) in [5, 5.41) is 10.7. The Hall–Kier alpha value is -2.53. The van der Waals surface area contributed by atoms with Gasteiger partial charge in [0.15, 0.2) is 0 Å². The lowest BCUT2D eigenvalue weighted by Crippen LogP contribution is -2.28. The van der Waals surface area contributed by atoms with E-state index in [0.717, 1.165) is 4.47 Å². The van der Waals surface area contributed by atoms with Crippen molar-refractivity contribution < 1.29 is 19.5 Å². The Morgan fingerprint density at radius 3 is 2.20 bits per heavy atom. The minimum Gasteiger partial charge on any atom is -0.507 e. The van der Waals surface area contributed by atoms with Crippen molar-refractivity contribution in [3.63, 3.8) is 0 Å². The fraction of sp³-hybridized carbons (Fsp3) is 0.150. The molecule has 0 unspecified atom stereocenters. The molecule has 0 spiro atoms. The number of allylic oxidation sites excluding steroid dienone is 1. The zero-order chi connectivity index (χ0) is 18.1. The highest BCUT2D eigenvalue weighted by Crippen LogP contribution is 2.38. The van der Waals surface area contributed by atoms with Crippen LogP contribution in [0.2, 0.25) is 0 Å². The van der Waals surface area contributed by atoms with E-state index in [1.807, 2.05) is 0 Å². The molecule has 0 radical (unpaired) electrons. The Balaban J connectivity index is 2.20.